The van der Waals surface area contributed by atoms with Gasteiger partial charge in [-0.05, 0) is 31.2 Å². The molecule has 0 saturated heterocycles. The fourth-order valence-corrected chi connectivity index (χ4v) is 3.66. The fourth-order valence-electron chi connectivity index (χ4n) is 3.49. The van der Waals surface area contributed by atoms with E-state index < -0.39 is 18.5 Å². The minimum absolute atomic E-state index is 0.00790. The van der Waals surface area contributed by atoms with Gasteiger partial charge >= 0.3 is 12.6 Å². The first-order valence-electron chi connectivity index (χ1n) is 11.1. The number of benzene rings is 1. The predicted molar refractivity (Wildman–Crippen MR) is 130 cm³/mol. The molecular weight excluding hydrogens is 512 g/mol. The Morgan fingerprint density at radius 1 is 1.27 bits per heavy atom. The van der Waals surface area contributed by atoms with E-state index in [2.05, 4.69) is 30.6 Å². The third-order valence-electron chi connectivity index (χ3n) is 5.04. The summed E-state index contributed by atoms with van der Waals surface area (Å²) in [5.74, 6) is -1.10. The molecule has 0 fully saturated rings. The van der Waals surface area contributed by atoms with Crippen molar-refractivity contribution in [1.82, 2.24) is 29.7 Å². The molecule has 194 valence electrons. The summed E-state index contributed by atoms with van der Waals surface area (Å²) in [7, 11) is 0. The van der Waals surface area contributed by atoms with Crippen molar-refractivity contribution < 1.29 is 27.8 Å². The highest BCUT2D eigenvalue weighted by Crippen LogP contribution is 2.37. The summed E-state index contributed by atoms with van der Waals surface area (Å²) in [6.45, 7) is -0.473. The topological polar surface area (TPSA) is 125 Å². The summed E-state index contributed by atoms with van der Waals surface area (Å²) in [6, 6.07) is 5.79. The third-order valence-corrected chi connectivity index (χ3v) is 5.27. The highest BCUT2D eigenvalue weighted by molar-refractivity contribution is 6.31. The molecule has 11 nitrogen and oxygen atoms in total. The second-order valence-electron chi connectivity index (χ2n) is 7.56. The van der Waals surface area contributed by atoms with Gasteiger partial charge in [0, 0.05) is 35.7 Å². The second-order valence-corrected chi connectivity index (χ2v) is 7.99. The Morgan fingerprint density at radius 2 is 2.11 bits per heavy atom. The van der Waals surface area contributed by atoms with Crippen LogP contribution in [0.4, 0.5) is 14.5 Å². The van der Waals surface area contributed by atoms with Crippen LogP contribution in [0, 0.1) is 0 Å². The highest BCUT2D eigenvalue weighted by atomic mass is 35.5. The first kappa shape index (κ1) is 26.0. The number of alkyl halides is 2. The number of ether oxygens (including phenoxy) is 2. The molecule has 3 aromatic heterocycles. The number of rotatable bonds is 11. The van der Waals surface area contributed by atoms with Crippen molar-refractivity contribution in [3.8, 4) is 17.0 Å². The molecular formula is C23H22ClF2N7O4. The van der Waals surface area contributed by atoms with Gasteiger partial charge in [0.05, 0.1) is 31.6 Å². The molecule has 1 aromatic carbocycles. The Kier molecular flexibility index (Phi) is 8.25. The molecule has 37 heavy (non-hydrogen) atoms. The van der Waals surface area contributed by atoms with Crippen LogP contribution in [0.25, 0.3) is 16.9 Å². The fraction of sp³-hybridized carbons (Fsp3) is 0.261. The number of halogens is 3. The van der Waals surface area contributed by atoms with Gasteiger partial charge in [-0.15, -0.1) is 0 Å². The molecule has 0 radical (unpaired) electrons. The Labute approximate surface area is 214 Å². The number of hydrogen-bond donors (Lipinski definition) is 2. The van der Waals surface area contributed by atoms with Crippen LogP contribution in [0.5, 0.6) is 5.75 Å². The molecule has 0 aliphatic heterocycles. The summed E-state index contributed by atoms with van der Waals surface area (Å²) in [4.78, 5) is 28.8. The van der Waals surface area contributed by atoms with Crippen molar-refractivity contribution in [2.24, 2.45) is 0 Å². The van der Waals surface area contributed by atoms with E-state index in [0.29, 0.717) is 12.2 Å². The summed E-state index contributed by atoms with van der Waals surface area (Å²) >= 11 is 6.13. The van der Waals surface area contributed by atoms with Crippen molar-refractivity contribution in [3.63, 3.8) is 0 Å². The van der Waals surface area contributed by atoms with E-state index in [0.717, 1.165) is 0 Å². The molecule has 4 aromatic rings. The lowest BCUT2D eigenvalue weighted by Crippen LogP contribution is -2.27. The van der Waals surface area contributed by atoms with Gasteiger partial charge in [-0.3, -0.25) is 14.3 Å². The summed E-state index contributed by atoms with van der Waals surface area (Å²) in [5.41, 5.74) is 1.06. The number of nitrogens with one attached hydrogen (secondary N) is 2. The molecule has 14 heteroatoms. The molecule has 0 aliphatic carbocycles. The SMILES string of the molecule is CCOC(=O)CNCCn1cc(NC(=O)c2cnn3cccnc23)c(-c2cc(Cl)ccc2OC(F)F)n1. The minimum Gasteiger partial charge on any atom is -0.465 e. The van der Waals surface area contributed by atoms with E-state index in [1.165, 1.54) is 46.0 Å². The van der Waals surface area contributed by atoms with E-state index in [1.54, 1.807) is 19.2 Å². The average molecular weight is 534 g/mol. The molecule has 0 saturated carbocycles. The highest BCUT2D eigenvalue weighted by Gasteiger charge is 2.22. The van der Waals surface area contributed by atoms with E-state index in [-0.39, 0.29) is 53.0 Å². The molecule has 2 N–H and O–H groups in total. The van der Waals surface area contributed by atoms with Gasteiger partial charge in [0.1, 0.15) is 17.0 Å². The Balaban J connectivity index is 1.64. The number of carbonyl (C=O) groups is 2. The monoisotopic (exact) mass is 533 g/mol. The van der Waals surface area contributed by atoms with Gasteiger partial charge in [0.15, 0.2) is 5.65 Å². The number of aromatic nitrogens is 5. The first-order valence-corrected chi connectivity index (χ1v) is 11.5. The summed E-state index contributed by atoms with van der Waals surface area (Å²) < 4.78 is 38.6. The van der Waals surface area contributed by atoms with Crippen LogP contribution in [0.1, 0.15) is 17.3 Å². The molecule has 3 heterocycles. The van der Waals surface area contributed by atoms with Crippen LogP contribution < -0.4 is 15.4 Å². The standard InChI is InChI=1S/C23H22ClF2N7O4/c1-2-36-19(34)12-27-7-9-32-13-17(30-22(35)16-11-29-33-8-3-6-28-21(16)33)20(31-32)15-10-14(24)4-5-18(15)37-23(25)26/h3-6,8,10-11,13,23,27H,2,7,9,12H2,1H3,(H,30,35). The first-order chi connectivity index (χ1) is 17.9. The predicted octanol–water partition coefficient (Wildman–Crippen LogP) is 3.25. The van der Waals surface area contributed by atoms with Crippen molar-refractivity contribution in [1.29, 1.82) is 0 Å². The zero-order valence-corrected chi connectivity index (χ0v) is 20.3. The van der Waals surface area contributed by atoms with E-state index in [9.17, 15) is 18.4 Å². The maximum absolute atomic E-state index is 13.1. The van der Waals surface area contributed by atoms with Crippen LogP contribution in [0.2, 0.25) is 5.02 Å². The minimum atomic E-state index is -3.09. The van der Waals surface area contributed by atoms with Crippen LogP contribution in [-0.2, 0) is 16.1 Å². The van der Waals surface area contributed by atoms with Gasteiger partial charge < -0.3 is 20.1 Å². The number of nitrogens with zero attached hydrogens (tertiary/aromatic N) is 5. The maximum Gasteiger partial charge on any atom is 0.387 e. The number of esters is 1. The quantitative estimate of drug-likeness (QED) is 0.222. The van der Waals surface area contributed by atoms with Crippen LogP contribution in [0.3, 0.4) is 0 Å². The molecule has 1 amide bonds. The Bertz CT molecular complexity index is 1410. The van der Waals surface area contributed by atoms with Crippen molar-refractivity contribution in [2.45, 2.75) is 20.1 Å². The molecule has 0 bridgehead atoms. The molecule has 4 rings (SSSR count). The number of hydrogen-bond acceptors (Lipinski definition) is 8. The third kappa shape index (κ3) is 6.37. The normalized spacial score (nSPS) is 11.2. The Hall–Kier alpha value is -4.10. The van der Waals surface area contributed by atoms with Gasteiger partial charge in [0.2, 0.25) is 0 Å². The number of carbonyl (C=O) groups excluding carboxylic acids is 2. The van der Waals surface area contributed by atoms with Crippen molar-refractivity contribution in [2.75, 3.05) is 25.0 Å². The van der Waals surface area contributed by atoms with E-state index in [4.69, 9.17) is 16.3 Å². The zero-order chi connectivity index (χ0) is 26.4. The molecule has 0 unspecified atom stereocenters. The van der Waals surface area contributed by atoms with Crippen molar-refractivity contribution in [3.05, 3.63) is 59.6 Å². The summed E-state index contributed by atoms with van der Waals surface area (Å²) in [5, 5.41) is 14.5. The molecule has 0 atom stereocenters. The largest absolute Gasteiger partial charge is 0.465 e. The average Bonchev–Trinajstić information content (AvgIpc) is 3.47. The van der Waals surface area contributed by atoms with E-state index >= 15 is 0 Å². The molecule has 0 spiro atoms. The number of amides is 1. The Morgan fingerprint density at radius 3 is 2.89 bits per heavy atom. The maximum atomic E-state index is 13.1. The van der Waals surface area contributed by atoms with Crippen LogP contribution >= 0.6 is 11.6 Å². The number of anilines is 1. The smallest absolute Gasteiger partial charge is 0.387 e. The summed E-state index contributed by atoms with van der Waals surface area (Å²) in [6.07, 6.45) is 6.07. The van der Waals surface area contributed by atoms with Gasteiger partial charge in [-0.25, -0.2) is 9.50 Å². The number of fused-ring (bicyclic) bond motifs is 1. The molecule has 0 aliphatic rings. The van der Waals surface area contributed by atoms with Crippen LogP contribution in [0.15, 0.2) is 49.1 Å². The lowest BCUT2D eigenvalue weighted by atomic mass is 10.1. The van der Waals surface area contributed by atoms with Crippen LogP contribution in [-0.4, -0.2) is 62.6 Å². The second kappa shape index (κ2) is 11.8. The van der Waals surface area contributed by atoms with Gasteiger partial charge in [-0.1, -0.05) is 11.6 Å². The lowest BCUT2D eigenvalue weighted by molar-refractivity contribution is -0.142. The van der Waals surface area contributed by atoms with Gasteiger partial charge in [-0.2, -0.15) is 19.0 Å². The van der Waals surface area contributed by atoms with Gasteiger partial charge in [0.25, 0.3) is 5.91 Å². The van der Waals surface area contributed by atoms with E-state index in [1.807, 2.05) is 0 Å². The van der Waals surface area contributed by atoms with Crippen molar-refractivity contribution >= 4 is 34.8 Å². The lowest BCUT2D eigenvalue weighted by Gasteiger charge is -2.11. The zero-order valence-electron chi connectivity index (χ0n) is 19.5.